The molecule has 0 aromatic heterocycles. The van der Waals surface area contributed by atoms with Crippen LogP contribution in [-0.4, -0.2) is 57.1 Å². The number of halogens is 2. The highest BCUT2D eigenvalue weighted by Crippen LogP contribution is 2.28. The van der Waals surface area contributed by atoms with Crippen LogP contribution in [0.4, 0.5) is 5.69 Å². The predicted octanol–water partition coefficient (Wildman–Crippen LogP) is 5.71. The third kappa shape index (κ3) is 9.37. The van der Waals surface area contributed by atoms with Crippen molar-refractivity contribution in [3.63, 3.8) is 0 Å². The Morgan fingerprint density at radius 3 is 2.14 bits per heavy atom. The third-order valence-corrected chi connectivity index (χ3v) is 8.50. The van der Waals surface area contributed by atoms with Gasteiger partial charge in [-0.25, -0.2) is 8.42 Å². The van der Waals surface area contributed by atoms with E-state index in [1.165, 1.54) is 9.21 Å². The molecule has 2 amide bonds. The lowest BCUT2D eigenvalue weighted by atomic mass is 10.0. The summed E-state index contributed by atoms with van der Waals surface area (Å²) in [5, 5.41) is 3.61. The van der Waals surface area contributed by atoms with Gasteiger partial charge in [-0.1, -0.05) is 59.6 Å². The highest BCUT2D eigenvalue weighted by atomic mass is 35.5. The molecule has 3 aromatic rings. The molecule has 1 N–H and O–H groups in total. The Bertz CT molecular complexity index is 1420. The Hall–Kier alpha value is -3.27. The maximum absolute atomic E-state index is 13.9. The second-order valence-electron chi connectivity index (χ2n) is 9.69. The largest absolute Gasteiger partial charge is 0.494 e. The molecule has 0 unspecified atom stereocenters. The van der Waals surface area contributed by atoms with Crippen LogP contribution in [0.2, 0.25) is 10.0 Å². The summed E-state index contributed by atoms with van der Waals surface area (Å²) in [6.45, 7) is 4.66. The molecule has 0 radical (unpaired) electrons. The van der Waals surface area contributed by atoms with E-state index in [1.54, 1.807) is 42.5 Å². The number of nitrogens with zero attached hydrogens (tertiary/aromatic N) is 2. The van der Waals surface area contributed by atoms with Crippen LogP contribution in [-0.2, 0) is 32.6 Å². The molecule has 1 atom stereocenters. The molecular formula is C31H37Cl2N3O5S. The van der Waals surface area contributed by atoms with Gasteiger partial charge in [0.1, 0.15) is 11.8 Å². The van der Waals surface area contributed by atoms with E-state index in [0.717, 1.165) is 11.8 Å². The number of carbonyl (C=O) groups excluding carboxylic acids is 2. The molecule has 0 aliphatic carbocycles. The summed E-state index contributed by atoms with van der Waals surface area (Å²) in [6.07, 6.45) is 1.62. The molecule has 0 aliphatic heterocycles. The van der Waals surface area contributed by atoms with Crippen molar-refractivity contribution in [2.45, 2.75) is 45.7 Å². The van der Waals surface area contributed by atoms with Gasteiger partial charge in [-0.3, -0.25) is 13.9 Å². The fraction of sp³-hybridized carbons (Fsp3) is 0.355. The van der Waals surface area contributed by atoms with Gasteiger partial charge in [-0.15, -0.1) is 0 Å². The molecule has 0 spiro atoms. The summed E-state index contributed by atoms with van der Waals surface area (Å²) in [6, 6.07) is 20.4. The van der Waals surface area contributed by atoms with Crippen molar-refractivity contribution in [3.8, 4) is 5.75 Å². The second-order valence-corrected chi connectivity index (χ2v) is 12.4. The summed E-state index contributed by atoms with van der Waals surface area (Å²) >= 11 is 12.9. The summed E-state index contributed by atoms with van der Waals surface area (Å²) in [5.41, 5.74) is 1.89. The number of hydrogen-bond donors (Lipinski definition) is 1. The van der Waals surface area contributed by atoms with Gasteiger partial charge in [0.25, 0.3) is 0 Å². The molecule has 0 saturated heterocycles. The average molecular weight is 635 g/mol. The Kier molecular flexibility index (Phi) is 12.5. The van der Waals surface area contributed by atoms with Crippen LogP contribution in [0.3, 0.4) is 0 Å². The zero-order chi connectivity index (χ0) is 30.7. The highest BCUT2D eigenvalue weighted by Gasteiger charge is 2.31. The Balaban J connectivity index is 1.88. The van der Waals surface area contributed by atoms with E-state index < -0.39 is 16.1 Å². The van der Waals surface area contributed by atoms with Gasteiger partial charge < -0.3 is 15.0 Å². The first-order valence-corrected chi connectivity index (χ1v) is 16.4. The van der Waals surface area contributed by atoms with Crippen molar-refractivity contribution in [3.05, 3.63) is 94.0 Å². The standard InChI is InChI=1S/C31H37Cl2N3O5S/c1-4-34-31(38)29(21-23-11-7-6-8-12-23)35(22-26-27(32)13-9-14-28(26)33)30(37)15-10-20-36(42(3,39)40)24-16-18-25(19-17-24)41-5-2/h6-9,11-14,16-19,29H,4-5,10,15,20-22H2,1-3H3,(H,34,38)/t29-/m1/s1. The lowest BCUT2D eigenvalue weighted by molar-refractivity contribution is -0.141. The fourth-order valence-corrected chi connectivity index (χ4v) is 6.06. The minimum Gasteiger partial charge on any atom is -0.494 e. The Morgan fingerprint density at radius 1 is 0.929 bits per heavy atom. The van der Waals surface area contributed by atoms with Crippen molar-refractivity contribution in [1.29, 1.82) is 0 Å². The van der Waals surface area contributed by atoms with Gasteiger partial charge >= 0.3 is 0 Å². The van der Waals surface area contributed by atoms with Crippen LogP contribution in [0.1, 0.15) is 37.8 Å². The summed E-state index contributed by atoms with van der Waals surface area (Å²) in [5.74, 6) is 0.0110. The van der Waals surface area contributed by atoms with Gasteiger partial charge in [-0.05, 0) is 62.2 Å². The third-order valence-electron chi connectivity index (χ3n) is 6.60. The first-order chi connectivity index (χ1) is 20.0. The average Bonchev–Trinajstić information content (AvgIpc) is 2.95. The molecular weight excluding hydrogens is 597 g/mol. The van der Waals surface area contributed by atoms with Crippen molar-refractivity contribution in [1.82, 2.24) is 10.2 Å². The normalized spacial score (nSPS) is 11.9. The number of amides is 2. The molecule has 0 fully saturated rings. The van der Waals surface area contributed by atoms with Gasteiger partial charge in [0.05, 0.1) is 18.6 Å². The lowest BCUT2D eigenvalue weighted by Crippen LogP contribution is -2.50. The quantitative estimate of drug-likeness (QED) is 0.231. The minimum atomic E-state index is -3.63. The van der Waals surface area contributed by atoms with Crippen molar-refractivity contribution in [2.75, 3.05) is 30.3 Å². The zero-order valence-electron chi connectivity index (χ0n) is 24.1. The van der Waals surface area contributed by atoms with Crippen LogP contribution in [0.25, 0.3) is 0 Å². The number of hydrogen-bond acceptors (Lipinski definition) is 5. The maximum Gasteiger partial charge on any atom is 0.243 e. The van der Waals surface area contributed by atoms with Gasteiger partial charge in [-0.2, -0.15) is 0 Å². The van der Waals surface area contributed by atoms with Crippen LogP contribution in [0.5, 0.6) is 5.75 Å². The Labute approximate surface area is 258 Å². The van der Waals surface area contributed by atoms with Crippen molar-refractivity contribution < 1.29 is 22.7 Å². The van der Waals surface area contributed by atoms with E-state index in [1.807, 2.05) is 44.2 Å². The monoisotopic (exact) mass is 633 g/mol. The number of nitrogens with one attached hydrogen (secondary N) is 1. The van der Waals surface area contributed by atoms with Crippen LogP contribution < -0.4 is 14.4 Å². The number of anilines is 1. The molecule has 0 heterocycles. The topological polar surface area (TPSA) is 96.0 Å². The second kappa shape index (κ2) is 15.8. The molecule has 226 valence electrons. The summed E-state index contributed by atoms with van der Waals surface area (Å²) in [7, 11) is -3.63. The van der Waals surface area contributed by atoms with Crippen molar-refractivity contribution >= 4 is 50.7 Å². The summed E-state index contributed by atoms with van der Waals surface area (Å²) in [4.78, 5) is 28.7. The van der Waals surface area contributed by atoms with Crippen LogP contribution in [0, 0.1) is 0 Å². The molecule has 8 nitrogen and oxygen atoms in total. The van der Waals surface area contributed by atoms with E-state index in [-0.39, 0.29) is 44.2 Å². The van der Waals surface area contributed by atoms with Crippen LogP contribution in [0.15, 0.2) is 72.8 Å². The van der Waals surface area contributed by atoms with E-state index >= 15 is 0 Å². The molecule has 0 aliphatic rings. The maximum atomic E-state index is 13.9. The van der Waals surface area contributed by atoms with E-state index in [9.17, 15) is 18.0 Å². The van der Waals surface area contributed by atoms with Gasteiger partial charge in [0, 0.05) is 48.1 Å². The lowest BCUT2D eigenvalue weighted by Gasteiger charge is -2.32. The minimum absolute atomic E-state index is 0.00415. The van der Waals surface area contributed by atoms with Crippen LogP contribution >= 0.6 is 23.2 Å². The predicted molar refractivity (Wildman–Crippen MR) is 169 cm³/mol. The number of rotatable bonds is 15. The smallest absolute Gasteiger partial charge is 0.243 e. The molecule has 0 saturated carbocycles. The highest BCUT2D eigenvalue weighted by molar-refractivity contribution is 7.92. The number of carbonyl (C=O) groups is 2. The Morgan fingerprint density at radius 2 is 1.57 bits per heavy atom. The molecule has 0 bridgehead atoms. The van der Waals surface area contributed by atoms with E-state index in [4.69, 9.17) is 27.9 Å². The summed E-state index contributed by atoms with van der Waals surface area (Å²) < 4.78 is 32.0. The molecule has 42 heavy (non-hydrogen) atoms. The van der Waals surface area contributed by atoms with Gasteiger partial charge in [0.2, 0.25) is 21.8 Å². The number of likely N-dealkylation sites (N-methyl/N-ethyl adjacent to an activating group) is 1. The van der Waals surface area contributed by atoms with E-state index in [2.05, 4.69) is 5.32 Å². The van der Waals surface area contributed by atoms with E-state index in [0.29, 0.717) is 40.2 Å². The van der Waals surface area contributed by atoms with Crippen molar-refractivity contribution in [2.24, 2.45) is 0 Å². The molecule has 11 heteroatoms. The van der Waals surface area contributed by atoms with Gasteiger partial charge in [0.15, 0.2) is 0 Å². The molecule has 3 rings (SSSR count). The zero-order valence-corrected chi connectivity index (χ0v) is 26.4. The SMILES string of the molecule is CCNC(=O)[C@@H](Cc1ccccc1)N(Cc1c(Cl)cccc1Cl)C(=O)CCCN(c1ccc(OCC)cc1)S(C)(=O)=O. The number of sulfonamides is 1. The fourth-order valence-electron chi connectivity index (χ4n) is 4.58. The molecule has 3 aromatic carbocycles. The first-order valence-electron chi connectivity index (χ1n) is 13.8. The number of benzene rings is 3. The number of ether oxygens (including phenoxy) is 1. The first kappa shape index (κ1) is 33.2.